The molecule has 1 heterocycles. The van der Waals surface area contributed by atoms with Gasteiger partial charge in [0, 0.05) is 17.8 Å². The molecule has 0 spiro atoms. The Labute approximate surface area is 60.4 Å². The fourth-order valence-electron chi connectivity index (χ4n) is 1.22. The van der Waals surface area contributed by atoms with Gasteiger partial charge in [-0.15, -0.1) is 0 Å². The molecule has 1 aliphatic rings. The molecule has 0 fully saturated rings. The number of allylic oxidation sites excluding steroid dienone is 1. The fraction of sp³-hybridized carbons (Fsp3) is 0.111. The van der Waals surface area contributed by atoms with Gasteiger partial charge in [0.2, 0.25) is 0 Å². The van der Waals surface area contributed by atoms with Gasteiger partial charge in [-0.2, -0.15) is 0 Å². The molecule has 0 bridgehead atoms. The second kappa shape index (κ2) is 1.87. The summed E-state index contributed by atoms with van der Waals surface area (Å²) in [4.78, 5) is 0. The maximum atomic E-state index is 5.59. The van der Waals surface area contributed by atoms with Gasteiger partial charge in [-0.05, 0) is 18.2 Å². The van der Waals surface area contributed by atoms with Crippen molar-refractivity contribution in [2.45, 2.75) is 6.42 Å². The lowest BCUT2D eigenvalue weighted by Gasteiger charge is -1.94. The number of anilines is 1. The molecule has 0 amide bonds. The molecule has 1 aliphatic heterocycles. The number of rotatable bonds is 0. The normalized spacial score (nSPS) is 14.6. The zero-order valence-electron chi connectivity index (χ0n) is 5.59. The molecule has 1 nitrogen and oxygen atoms in total. The summed E-state index contributed by atoms with van der Waals surface area (Å²) in [5.41, 5.74) is 3.29. The SMILES string of the molecule is [CH]=C1Cc2ccccc2N1. The second-order valence-electron chi connectivity index (χ2n) is 2.48. The minimum absolute atomic E-state index is 0.848. The van der Waals surface area contributed by atoms with Crippen LogP contribution in [0.1, 0.15) is 5.56 Å². The maximum absolute atomic E-state index is 5.59. The number of benzene rings is 1. The molecular formula is C9H8N. The molecule has 0 saturated heterocycles. The van der Waals surface area contributed by atoms with E-state index in [9.17, 15) is 0 Å². The van der Waals surface area contributed by atoms with E-state index in [1.807, 2.05) is 18.2 Å². The summed E-state index contributed by atoms with van der Waals surface area (Å²) in [6.07, 6.45) is 0.871. The molecule has 1 aromatic rings. The van der Waals surface area contributed by atoms with Crippen LogP contribution in [0.3, 0.4) is 0 Å². The van der Waals surface area contributed by atoms with E-state index in [0.717, 1.165) is 17.8 Å². The van der Waals surface area contributed by atoms with Crippen LogP contribution in [0.15, 0.2) is 30.0 Å². The summed E-state index contributed by atoms with van der Waals surface area (Å²) < 4.78 is 0. The van der Waals surface area contributed by atoms with E-state index in [-0.39, 0.29) is 0 Å². The Morgan fingerprint density at radius 1 is 1.30 bits per heavy atom. The Kier molecular flexibility index (Phi) is 1.04. The summed E-state index contributed by atoms with van der Waals surface area (Å²) in [7, 11) is 0. The first-order valence-corrected chi connectivity index (χ1v) is 3.32. The summed E-state index contributed by atoms with van der Waals surface area (Å²) in [6, 6.07) is 8.15. The van der Waals surface area contributed by atoms with Crippen molar-refractivity contribution in [3.05, 3.63) is 42.1 Å². The molecule has 10 heavy (non-hydrogen) atoms. The lowest BCUT2D eigenvalue weighted by Crippen LogP contribution is -1.86. The van der Waals surface area contributed by atoms with Gasteiger partial charge >= 0.3 is 0 Å². The number of nitrogens with one attached hydrogen (secondary N) is 1. The van der Waals surface area contributed by atoms with E-state index in [0.29, 0.717) is 0 Å². The van der Waals surface area contributed by atoms with Crippen LogP contribution in [0, 0.1) is 6.58 Å². The van der Waals surface area contributed by atoms with Crippen molar-refractivity contribution in [2.24, 2.45) is 0 Å². The van der Waals surface area contributed by atoms with Crippen molar-refractivity contribution in [3.63, 3.8) is 0 Å². The standard InChI is InChI=1S/C9H8N/c1-7-6-8-4-2-3-5-9(8)10-7/h1-5,10H,6H2. The van der Waals surface area contributed by atoms with E-state index in [1.54, 1.807) is 0 Å². The minimum Gasteiger partial charge on any atom is -0.358 e. The van der Waals surface area contributed by atoms with Gasteiger partial charge in [0.15, 0.2) is 0 Å². The second-order valence-corrected chi connectivity index (χ2v) is 2.48. The van der Waals surface area contributed by atoms with Gasteiger partial charge in [-0.1, -0.05) is 18.2 Å². The predicted molar refractivity (Wildman–Crippen MR) is 41.6 cm³/mol. The minimum atomic E-state index is 0.848. The van der Waals surface area contributed by atoms with Crippen molar-refractivity contribution < 1.29 is 0 Å². The summed E-state index contributed by atoms with van der Waals surface area (Å²) in [5.74, 6) is 0. The Morgan fingerprint density at radius 3 is 2.90 bits per heavy atom. The van der Waals surface area contributed by atoms with Gasteiger partial charge in [0.05, 0.1) is 0 Å². The highest BCUT2D eigenvalue weighted by molar-refractivity contribution is 5.60. The Balaban J connectivity index is 2.51. The first kappa shape index (κ1) is 5.54. The van der Waals surface area contributed by atoms with Gasteiger partial charge in [0.1, 0.15) is 0 Å². The number of hydrogen-bond donors (Lipinski definition) is 1. The molecule has 2 rings (SSSR count). The van der Waals surface area contributed by atoms with Gasteiger partial charge in [-0.25, -0.2) is 0 Å². The van der Waals surface area contributed by atoms with Crippen molar-refractivity contribution in [1.29, 1.82) is 0 Å². The Morgan fingerprint density at radius 2 is 2.10 bits per heavy atom. The lowest BCUT2D eigenvalue weighted by atomic mass is 10.2. The summed E-state index contributed by atoms with van der Waals surface area (Å²) in [6.45, 7) is 5.59. The molecule has 1 heteroatoms. The smallest absolute Gasteiger partial charge is 0.0418 e. The van der Waals surface area contributed by atoms with Crippen LogP contribution in [0.4, 0.5) is 5.69 Å². The van der Waals surface area contributed by atoms with E-state index in [2.05, 4.69) is 11.4 Å². The monoisotopic (exact) mass is 130 g/mol. The van der Waals surface area contributed by atoms with Crippen molar-refractivity contribution >= 4 is 5.69 Å². The van der Waals surface area contributed by atoms with Gasteiger partial charge in [-0.3, -0.25) is 0 Å². The molecule has 1 aromatic carbocycles. The molecule has 1 N–H and O–H groups in total. The largest absolute Gasteiger partial charge is 0.358 e. The third kappa shape index (κ3) is 0.711. The lowest BCUT2D eigenvalue weighted by molar-refractivity contribution is 1.25. The molecule has 0 atom stereocenters. The Bertz CT molecular complexity index is 249. The van der Waals surface area contributed by atoms with E-state index in [4.69, 9.17) is 6.58 Å². The number of hydrogen-bond acceptors (Lipinski definition) is 1. The van der Waals surface area contributed by atoms with Gasteiger partial charge in [0.25, 0.3) is 0 Å². The number of fused-ring (bicyclic) bond motifs is 1. The zero-order chi connectivity index (χ0) is 6.97. The highest BCUT2D eigenvalue weighted by Gasteiger charge is 2.10. The molecule has 0 saturated carbocycles. The van der Waals surface area contributed by atoms with E-state index < -0.39 is 0 Å². The molecule has 1 radical (unpaired) electrons. The molecule has 0 aromatic heterocycles. The molecule has 49 valence electrons. The highest BCUT2D eigenvalue weighted by atomic mass is 14.9. The summed E-state index contributed by atoms with van der Waals surface area (Å²) in [5, 5.41) is 3.09. The highest BCUT2D eigenvalue weighted by Crippen LogP contribution is 2.25. The van der Waals surface area contributed by atoms with Crippen molar-refractivity contribution in [1.82, 2.24) is 0 Å². The maximum Gasteiger partial charge on any atom is 0.0418 e. The topological polar surface area (TPSA) is 12.0 Å². The van der Waals surface area contributed by atoms with Crippen LogP contribution in [-0.4, -0.2) is 0 Å². The van der Waals surface area contributed by atoms with Crippen LogP contribution in [-0.2, 0) is 6.42 Å². The van der Waals surface area contributed by atoms with Crippen LogP contribution in [0.25, 0.3) is 0 Å². The van der Waals surface area contributed by atoms with E-state index in [1.165, 1.54) is 5.56 Å². The first-order chi connectivity index (χ1) is 4.86. The summed E-state index contributed by atoms with van der Waals surface area (Å²) >= 11 is 0. The fourth-order valence-corrected chi connectivity index (χ4v) is 1.22. The van der Waals surface area contributed by atoms with Crippen LogP contribution in [0.2, 0.25) is 0 Å². The van der Waals surface area contributed by atoms with Gasteiger partial charge < -0.3 is 5.32 Å². The molecule has 0 aliphatic carbocycles. The Hall–Kier alpha value is -1.24. The third-order valence-corrected chi connectivity index (χ3v) is 1.69. The van der Waals surface area contributed by atoms with Crippen LogP contribution in [0.5, 0.6) is 0 Å². The van der Waals surface area contributed by atoms with E-state index >= 15 is 0 Å². The van der Waals surface area contributed by atoms with Crippen molar-refractivity contribution in [2.75, 3.05) is 5.32 Å². The molecular weight excluding hydrogens is 122 g/mol. The quantitative estimate of drug-likeness (QED) is 0.566. The van der Waals surface area contributed by atoms with Crippen LogP contribution >= 0.6 is 0 Å². The third-order valence-electron chi connectivity index (χ3n) is 1.69. The zero-order valence-corrected chi connectivity index (χ0v) is 5.59. The average molecular weight is 130 g/mol. The number of para-hydroxylation sites is 1. The van der Waals surface area contributed by atoms with Crippen molar-refractivity contribution in [3.8, 4) is 0 Å². The average Bonchev–Trinajstić information content (AvgIpc) is 2.27. The molecule has 0 unspecified atom stereocenters. The first-order valence-electron chi connectivity index (χ1n) is 3.32. The predicted octanol–water partition coefficient (Wildman–Crippen LogP) is 1.97. The van der Waals surface area contributed by atoms with Crippen LogP contribution < -0.4 is 5.32 Å².